The summed E-state index contributed by atoms with van der Waals surface area (Å²) in [5.41, 5.74) is 2.71. The van der Waals surface area contributed by atoms with E-state index in [-0.39, 0.29) is 21.4 Å². The number of carbonyl (C=O) groups excluding carboxylic acids is 1. The monoisotopic (exact) mass is 367 g/mol. The van der Waals surface area contributed by atoms with Gasteiger partial charge in [-0.05, 0) is 36.4 Å². The van der Waals surface area contributed by atoms with Gasteiger partial charge in [-0.3, -0.25) is 9.78 Å². The van der Waals surface area contributed by atoms with Gasteiger partial charge in [0.25, 0.3) is 0 Å². The number of terminal acetylenes is 1. The number of phenols is 1. The summed E-state index contributed by atoms with van der Waals surface area (Å²) in [6.07, 6.45) is 6.78. The van der Waals surface area contributed by atoms with E-state index in [0.29, 0.717) is 11.3 Å². The van der Waals surface area contributed by atoms with E-state index < -0.39 is 5.78 Å². The van der Waals surface area contributed by atoms with Gasteiger partial charge in [0.2, 0.25) is 0 Å². The number of phenolic OH excluding ortho intramolecular Hbond substituents is 1. The van der Waals surface area contributed by atoms with Crippen molar-refractivity contribution < 1.29 is 9.90 Å². The van der Waals surface area contributed by atoms with Crippen molar-refractivity contribution in [2.45, 2.75) is 0 Å². The van der Waals surface area contributed by atoms with Gasteiger partial charge in [0.05, 0.1) is 16.3 Å². The highest BCUT2D eigenvalue weighted by Gasteiger charge is 2.17. The first kappa shape index (κ1) is 17.0. The van der Waals surface area contributed by atoms with Gasteiger partial charge in [-0.15, -0.1) is 6.42 Å². The largest absolute Gasteiger partial charge is 0.506 e. The molecule has 0 atom stereocenters. The van der Waals surface area contributed by atoms with E-state index in [0.717, 1.165) is 11.1 Å². The fourth-order valence-corrected chi connectivity index (χ4v) is 2.82. The van der Waals surface area contributed by atoms with Crippen molar-refractivity contribution in [3.63, 3.8) is 0 Å². The van der Waals surface area contributed by atoms with E-state index in [1.54, 1.807) is 12.1 Å². The maximum Gasteiger partial charge on any atom is 0.198 e. The minimum absolute atomic E-state index is 0.0223. The molecule has 0 saturated carbocycles. The molecule has 122 valence electrons. The number of carbonyl (C=O) groups is 1. The Morgan fingerprint density at radius 1 is 1.08 bits per heavy atom. The second-order valence-electron chi connectivity index (χ2n) is 5.27. The summed E-state index contributed by atoms with van der Waals surface area (Å²) in [5.74, 6) is 1.84. The van der Waals surface area contributed by atoms with Crippen LogP contribution in [0.3, 0.4) is 0 Å². The standard InChI is InChI=1S/C20H11Cl2NO2/c1-2-12-3-5-13(6-4-12)18-8-7-14(11-23-18)19(24)16-9-15(21)10-17(22)20(16)25/h1,3-11,25H. The molecular weight excluding hydrogens is 357 g/mol. The zero-order chi connectivity index (χ0) is 18.0. The lowest BCUT2D eigenvalue weighted by atomic mass is 10.0. The maximum absolute atomic E-state index is 12.6. The summed E-state index contributed by atoms with van der Waals surface area (Å²) in [5, 5.41) is 10.3. The fourth-order valence-electron chi connectivity index (χ4n) is 2.33. The molecule has 5 heteroatoms. The first-order valence-corrected chi connectivity index (χ1v) is 8.01. The summed E-state index contributed by atoms with van der Waals surface area (Å²) in [6, 6.07) is 13.5. The van der Waals surface area contributed by atoms with Crippen LogP contribution in [0.5, 0.6) is 5.75 Å². The average molecular weight is 368 g/mol. The molecule has 2 aromatic carbocycles. The number of nitrogens with zero attached hydrogens (tertiary/aromatic N) is 1. The molecule has 0 aliphatic carbocycles. The number of benzene rings is 2. The molecule has 3 nitrogen and oxygen atoms in total. The number of hydrogen-bond donors (Lipinski definition) is 1. The van der Waals surface area contributed by atoms with Crippen molar-refractivity contribution in [3.05, 3.63) is 81.5 Å². The third-order valence-electron chi connectivity index (χ3n) is 3.65. The molecule has 1 N–H and O–H groups in total. The van der Waals surface area contributed by atoms with E-state index in [1.165, 1.54) is 18.3 Å². The normalized spacial score (nSPS) is 10.3. The van der Waals surface area contributed by atoms with Gasteiger partial charge in [-0.1, -0.05) is 41.3 Å². The molecule has 0 aliphatic rings. The topological polar surface area (TPSA) is 50.2 Å². The Balaban J connectivity index is 1.92. The molecule has 0 radical (unpaired) electrons. The number of rotatable bonds is 3. The highest BCUT2D eigenvalue weighted by molar-refractivity contribution is 6.36. The third kappa shape index (κ3) is 3.51. The quantitative estimate of drug-likeness (QED) is 0.524. The smallest absolute Gasteiger partial charge is 0.198 e. The van der Waals surface area contributed by atoms with Crippen LogP contribution >= 0.6 is 23.2 Å². The minimum Gasteiger partial charge on any atom is -0.506 e. The molecular formula is C20H11Cl2NO2. The van der Waals surface area contributed by atoms with Crippen LogP contribution in [0.2, 0.25) is 10.0 Å². The van der Waals surface area contributed by atoms with Gasteiger partial charge in [-0.25, -0.2) is 0 Å². The Kier molecular flexibility index (Phi) is 4.76. The number of hydrogen-bond acceptors (Lipinski definition) is 3. The lowest BCUT2D eigenvalue weighted by Gasteiger charge is -2.07. The van der Waals surface area contributed by atoms with Crippen LogP contribution in [0.1, 0.15) is 21.5 Å². The molecule has 0 unspecified atom stereocenters. The predicted octanol–water partition coefficient (Wildman–Crippen LogP) is 4.97. The van der Waals surface area contributed by atoms with Gasteiger partial charge in [0.15, 0.2) is 5.78 Å². The van der Waals surface area contributed by atoms with Crippen LogP contribution < -0.4 is 0 Å². The Labute approximate surface area is 154 Å². The van der Waals surface area contributed by atoms with Crippen LogP contribution in [0.25, 0.3) is 11.3 Å². The van der Waals surface area contributed by atoms with Gasteiger partial charge in [0, 0.05) is 27.9 Å². The Bertz CT molecular complexity index is 988. The van der Waals surface area contributed by atoms with Crippen molar-refractivity contribution in [2.24, 2.45) is 0 Å². The minimum atomic E-state index is -0.413. The van der Waals surface area contributed by atoms with Crippen LogP contribution in [0, 0.1) is 12.3 Å². The molecule has 25 heavy (non-hydrogen) atoms. The molecule has 3 aromatic rings. The second kappa shape index (κ2) is 6.98. The van der Waals surface area contributed by atoms with E-state index in [1.807, 2.05) is 24.3 Å². The first-order chi connectivity index (χ1) is 12.0. The lowest BCUT2D eigenvalue weighted by Crippen LogP contribution is -2.03. The van der Waals surface area contributed by atoms with E-state index in [4.69, 9.17) is 29.6 Å². The molecule has 0 bridgehead atoms. The van der Waals surface area contributed by atoms with Crippen LogP contribution in [0.4, 0.5) is 0 Å². The van der Waals surface area contributed by atoms with Gasteiger partial charge in [0.1, 0.15) is 5.75 Å². The number of aromatic nitrogens is 1. The maximum atomic E-state index is 12.6. The SMILES string of the molecule is C#Cc1ccc(-c2ccc(C(=O)c3cc(Cl)cc(Cl)c3O)cn2)cc1. The number of aromatic hydroxyl groups is 1. The third-order valence-corrected chi connectivity index (χ3v) is 4.15. The second-order valence-corrected chi connectivity index (χ2v) is 6.11. The van der Waals surface area contributed by atoms with Gasteiger partial charge in [-0.2, -0.15) is 0 Å². The Hall–Kier alpha value is -2.80. The Morgan fingerprint density at radius 3 is 2.40 bits per heavy atom. The van der Waals surface area contributed by atoms with Crippen LogP contribution in [-0.4, -0.2) is 15.9 Å². The van der Waals surface area contributed by atoms with Gasteiger partial charge >= 0.3 is 0 Å². The van der Waals surface area contributed by atoms with E-state index >= 15 is 0 Å². The predicted molar refractivity (Wildman–Crippen MR) is 99.2 cm³/mol. The van der Waals surface area contributed by atoms with Crippen molar-refractivity contribution in [3.8, 4) is 29.4 Å². The molecule has 0 spiro atoms. The van der Waals surface area contributed by atoms with E-state index in [9.17, 15) is 9.90 Å². The van der Waals surface area contributed by atoms with Crippen LogP contribution in [-0.2, 0) is 0 Å². The first-order valence-electron chi connectivity index (χ1n) is 7.25. The summed E-state index contributed by atoms with van der Waals surface area (Å²) in [7, 11) is 0. The average Bonchev–Trinajstić information content (AvgIpc) is 2.64. The lowest BCUT2D eigenvalue weighted by molar-refractivity contribution is 0.103. The fraction of sp³-hybridized carbons (Fsp3) is 0. The summed E-state index contributed by atoms with van der Waals surface area (Å²) >= 11 is 11.8. The van der Waals surface area contributed by atoms with Crippen molar-refractivity contribution in [2.75, 3.05) is 0 Å². The molecule has 0 saturated heterocycles. The summed E-state index contributed by atoms with van der Waals surface area (Å²) in [4.78, 5) is 16.9. The Morgan fingerprint density at radius 2 is 1.80 bits per heavy atom. The van der Waals surface area contributed by atoms with Crippen LogP contribution in [0.15, 0.2) is 54.7 Å². The molecule has 0 amide bonds. The van der Waals surface area contributed by atoms with Crippen molar-refractivity contribution in [1.82, 2.24) is 4.98 Å². The molecule has 0 fully saturated rings. The van der Waals surface area contributed by atoms with Crippen molar-refractivity contribution >= 4 is 29.0 Å². The number of halogens is 2. The zero-order valence-electron chi connectivity index (χ0n) is 12.8. The molecule has 0 aliphatic heterocycles. The molecule has 1 heterocycles. The van der Waals surface area contributed by atoms with E-state index in [2.05, 4.69) is 10.9 Å². The highest BCUT2D eigenvalue weighted by atomic mass is 35.5. The number of ketones is 1. The molecule has 1 aromatic heterocycles. The summed E-state index contributed by atoms with van der Waals surface area (Å²) in [6.45, 7) is 0. The van der Waals surface area contributed by atoms with Gasteiger partial charge < -0.3 is 5.11 Å². The highest BCUT2D eigenvalue weighted by Crippen LogP contribution is 2.32. The van der Waals surface area contributed by atoms with Crippen molar-refractivity contribution in [1.29, 1.82) is 0 Å². The summed E-state index contributed by atoms with van der Waals surface area (Å²) < 4.78 is 0. The number of pyridine rings is 1. The zero-order valence-corrected chi connectivity index (χ0v) is 14.3. The molecule has 3 rings (SSSR count).